The van der Waals surface area contributed by atoms with Crippen LogP contribution in [-0.2, 0) is 6.54 Å². The molecule has 0 bridgehead atoms. The minimum Gasteiger partial charge on any atom is -0.370 e. The third-order valence-corrected chi connectivity index (χ3v) is 4.23. The fourth-order valence-electron chi connectivity index (χ4n) is 2.79. The molecule has 1 atom stereocenters. The molecule has 29 heavy (non-hydrogen) atoms. The second kappa shape index (κ2) is 8.49. The van der Waals surface area contributed by atoms with Crippen molar-refractivity contribution in [3.05, 3.63) is 90.3 Å². The van der Waals surface area contributed by atoms with E-state index in [1.807, 2.05) is 18.2 Å². The van der Waals surface area contributed by atoms with Gasteiger partial charge in [0.05, 0.1) is 6.20 Å². The van der Waals surface area contributed by atoms with Gasteiger partial charge in [0.2, 0.25) is 0 Å². The van der Waals surface area contributed by atoms with Gasteiger partial charge in [-0.2, -0.15) is 0 Å². The van der Waals surface area contributed by atoms with Gasteiger partial charge < -0.3 is 21.1 Å². The molecule has 7 nitrogen and oxygen atoms in total. The minimum absolute atomic E-state index is 0.268. The third kappa shape index (κ3) is 4.94. The van der Waals surface area contributed by atoms with E-state index in [0.717, 1.165) is 16.7 Å². The number of benzene rings is 1. The Kier molecular flexibility index (Phi) is 5.44. The zero-order chi connectivity index (χ0) is 20.1. The van der Waals surface area contributed by atoms with Gasteiger partial charge in [-0.25, -0.2) is 14.4 Å². The van der Waals surface area contributed by atoms with E-state index in [9.17, 15) is 9.50 Å². The lowest BCUT2D eigenvalue weighted by molar-refractivity contribution is 0.201. The Hall–Kier alpha value is -3.78. The van der Waals surface area contributed by atoms with E-state index in [-0.39, 0.29) is 5.82 Å². The molecule has 0 fully saturated rings. The van der Waals surface area contributed by atoms with E-state index in [4.69, 9.17) is 0 Å². The van der Waals surface area contributed by atoms with Crippen molar-refractivity contribution in [3.8, 4) is 0 Å². The zero-order valence-electron chi connectivity index (χ0n) is 15.4. The number of aliphatic hydroxyl groups is 1. The topological polar surface area (TPSA) is 95.0 Å². The first-order valence-electron chi connectivity index (χ1n) is 9.02. The van der Waals surface area contributed by atoms with Gasteiger partial charge in [-0.05, 0) is 47.0 Å². The van der Waals surface area contributed by atoms with Crippen LogP contribution in [0.25, 0.3) is 5.57 Å². The van der Waals surface area contributed by atoms with Crippen LogP contribution in [-0.4, -0.2) is 26.3 Å². The average Bonchev–Trinajstić information content (AvgIpc) is 2.74. The number of aromatic nitrogens is 3. The van der Waals surface area contributed by atoms with Crippen molar-refractivity contribution in [2.45, 2.75) is 12.8 Å². The molecule has 8 heteroatoms. The lowest BCUT2D eigenvalue weighted by Gasteiger charge is -2.16. The maximum Gasteiger partial charge on any atom is 0.150 e. The van der Waals surface area contributed by atoms with E-state index in [1.165, 1.54) is 12.1 Å². The van der Waals surface area contributed by atoms with Gasteiger partial charge in [0, 0.05) is 25.1 Å². The van der Waals surface area contributed by atoms with Gasteiger partial charge in [-0.3, -0.25) is 4.98 Å². The minimum atomic E-state index is -0.700. The van der Waals surface area contributed by atoms with E-state index in [1.54, 1.807) is 43.0 Å². The molecular formula is C21H19FN6O. The second-order valence-corrected chi connectivity index (χ2v) is 6.39. The Bertz CT molecular complexity index is 1040. The van der Waals surface area contributed by atoms with Crippen LogP contribution in [0.4, 0.5) is 21.8 Å². The molecule has 0 saturated carbocycles. The van der Waals surface area contributed by atoms with Crippen molar-refractivity contribution in [2.75, 3.05) is 10.6 Å². The monoisotopic (exact) mass is 390 g/mol. The van der Waals surface area contributed by atoms with Crippen LogP contribution in [0.3, 0.4) is 0 Å². The third-order valence-electron chi connectivity index (χ3n) is 4.23. The summed E-state index contributed by atoms with van der Waals surface area (Å²) in [5.74, 6) is 1.53. The van der Waals surface area contributed by atoms with Crippen LogP contribution in [0, 0.1) is 5.82 Å². The van der Waals surface area contributed by atoms with Crippen molar-refractivity contribution in [3.63, 3.8) is 0 Å². The number of hydrogen-bond donors (Lipinski definition) is 4. The summed E-state index contributed by atoms with van der Waals surface area (Å²) in [5, 5.41) is 18.9. The number of anilines is 3. The normalized spacial score (nSPS) is 15.4. The van der Waals surface area contributed by atoms with Crippen molar-refractivity contribution in [1.29, 1.82) is 0 Å². The number of dihydropyridines is 1. The van der Waals surface area contributed by atoms with Crippen LogP contribution in [0.1, 0.15) is 11.1 Å². The highest BCUT2D eigenvalue weighted by atomic mass is 19.1. The van der Waals surface area contributed by atoms with Crippen LogP contribution >= 0.6 is 0 Å². The van der Waals surface area contributed by atoms with E-state index in [0.29, 0.717) is 24.0 Å². The predicted molar refractivity (Wildman–Crippen MR) is 110 cm³/mol. The van der Waals surface area contributed by atoms with Gasteiger partial charge in [-0.15, -0.1) is 0 Å². The molecule has 4 rings (SSSR count). The molecule has 0 saturated heterocycles. The van der Waals surface area contributed by atoms with Gasteiger partial charge in [-0.1, -0.05) is 18.2 Å². The molecule has 1 aliphatic heterocycles. The van der Waals surface area contributed by atoms with Crippen molar-refractivity contribution < 1.29 is 9.50 Å². The highest BCUT2D eigenvalue weighted by Gasteiger charge is 2.10. The first-order chi connectivity index (χ1) is 14.2. The van der Waals surface area contributed by atoms with Gasteiger partial charge in [0.1, 0.15) is 29.5 Å². The average molecular weight is 390 g/mol. The highest BCUT2D eigenvalue weighted by molar-refractivity contribution is 5.78. The summed E-state index contributed by atoms with van der Waals surface area (Å²) >= 11 is 0. The molecule has 2 aromatic heterocycles. The molecule has 1 unspecified atom stereocenters. The van der Waals surface area contributed by atoms with Crippen molar-refractivity contribution >= 4 is 23.0 Å². The summed E-state index contributed by atoms with van der Waals surface area (Å²) in [6.45, 7) is 0.493. The number of pyridine rings is 1. The molecule has 3 aromatic rings. The molecule has 0 radical (unpaired) electrons. The summed E-state index contributed by atoms with van der Waals surface area (Å²) in [6, 6.07) is 10.1. The van der Waals surface area contributed by atoms with Gasteiger partial charge >= 0.3 is 0 Å². The number of hydrogen-bond acceptors (Lipinski definition) is 7. The van der Waals surface area contributed by atoms with Gasteiger partial charge in [0.25, 0.3) is 0 Å². The van der Waals surface area contributed by atoms with Crippen LogP contribution in [0.2, 0.25) is 0 Å². The van der Waals surface area contributed by atoms with E-state index < -0.39 is 6.23 Å². The number of allylic oxidation sites excluding steroid dienone is 2. The molecule has 1 aliphatic rings. The van der Waals surface area contributed by atoms with Crippen LogP contribution in [0.5, 0.6) is 0 Å². The number of aliphatic hydroxyl groups excluding tert-OH is 1. The summed E-state index contributed by atoms with van der Waals surface area (Å²) in [4.78, 5) is 12.8. The second-order valence-electron chi connectivity index (χ2n) is 6.39. The molecular weight excluding hydrogens is 371 g/mol. The SMILES string of the molecule is OC1C=CC(c2cc(NCc3ccc(F)cc3)nc(Nc3cnccn3)c2)=CN1. The number of nitrogens with one attached hydrogen (secondary N) is 3. The summed E-state index contributed by atoms with van der Waals surface area (Å²) in [6.07, 6.45) is 9.35. The standard InChI is InChI=1S/C21H19FN6O/c22-17-4-1-14(2-5-17)11-25-18-9-16(15-3-6-21(29)26-12-15)10-19(27-18)28-20-13-23-7-8-24-20/h1-10,12-13,21,26,29H,11H2,(H2,24,25,27,28). The van der Waals surface area contributed by atoms with E-state index >= 15 is 0 Å². The summed E-state index contributed by atoms with van der Waals surface area (Å²) < 4.78 is 13.1. The Balaban J connectivity index is 1.60. The highest BCUT2D eigenvalue weighted by Crippen LogP contribution is 2.25. The molecule has 4 N–H and O–H groups in total. The Morgan fingerprint density at radius 2 is 1.90 bits per heavy atom. The van der Waals surface area contributed by atoms with Gasteiger partial charge in [0.15, 0.2) is 0 Å². The van der Waals surface area contributed by atoms with Crippen molar-refractivity contribution in [2.24, 2.45) is 0 Å². The van der Waals surface area contributed by atoms with Crippen LogP contribution < -0.4 is 16.0 Å². The lowest BCUT2D eigenvalue weighted by Crippen LogP contribution is -2.23. The fraction of sp³-hybridized carbons (Fsp3) is 0.0952. The number of nitrogens with zero attached hydrogens (tertiary/aromatic N) is 3. The molecule has 3 heterocycles. The summed E-state index contributed by atoms with van der Waals surface area (Å²) in [5.41, 5.74) is 2.72. The molecule has 146 valence electrons. The Morgan fingerprint density at radius 3 is 2.62 bits per heavy atom. The lowest BCUT2D eigenvalue weighted by atomic mass is 10.1. The zero-order valence-corrected chi connectivity index (χ0v) is 15.4. The van der Waals surface area contributed by atoms with E-state index in [2.05, 4.69) is 30.9 Å². The first-order valence-corrected chi connectivity index (χ1v) is 9.02. The first kappa shape index (κ1) is 18.6. The Morgan fingerprint density at radius 1 is 1.07 bits per heavy atom. The number of halogens is 1. The predicted octanol–water partition coefficient (Wildman–Crippen LogP) is 3.19. The van der Waals surface area contributed by atoms with Crippen molar-refractivity contribution in [1.82, 2.24) is 20.3 Å². The number of rotatable bonds is 6. The Labute approximate surface area is 167 Å². The van der Waals surface area contributed by atoms with Crippen LogP contribution in [0.15, 0.2) is 73.3 Å². The summed E-state index contributed by atoms with van der Waals surface area (Å²) in [7, 11) is 0. The maximum atomic E-state index is 13.1. The molecule has 0 amide bonds. The fourth-order valence-corrected chi connectivity index (χ4v) is 2.79. The largest absolute Gasteiger partial charge is 0.370 e. The quantitative estimate of drug-likeness (QED) is 0.513. The smallest absolute Gasteiger partial charge is 0.150 e. The maximum absolute atomic E-state index is 13.1. The molecule has 0 aliphatic carbocycles. The molecule has 1 aromatic carbocycles. The molecule has 0 spiro atoms.